The predicted molar refractivity (Wildman–Crippen MR) is 88.7 cm³/mol. The molecule has 0 bridgehead atoms. The molecular weight excluding hydrogens is 334 g/mol. The highest BCUT2D eigenvalue weighted by molar-refractivity contribution is 9.10. The third-order valence-corrected chi connectivity index (χ3v) is 5.21. The van der Waals surface area contributed by atoms with Crippen molar-refractivity contribution in [2.75, 3.05) is 18.1 Å². The Morgan fingerprint density at radius 2 is 2.15 bits per heavy atom. The molecule has 1 unspecified atom stereocenters. The summed E-state index contributed by atoms with van der Waals surface area (Å²) >= 11 is 5.35. The molecular formula is C16H16BrNOS. The highest BCUT2D eigenvalue weighted by Gasteiger charge is 2.23. The molecule has 2 aromatic rings. The molecule has 2 N–H and O–H groups in total. The van der Waals surface area contributed by atoms with Crippen LogP contribution in [0.5, 0.6) is 5.75 Å². The maximum absolute atomic E-state index is 6.04. The van der Waals surface area contributed by atoms with E-state index in [0.717, 1.165) is 21.5 Å². The van der Waals surface area contributed by atoms with Crippen LogP contribution in [0, 0.1) is 6.92 Å². The van der Waals surface area contributed by atoms with Gasteiger partial charge in [-0.1, -0.05) is 34.1 Å². The maximum Gasteiger partial charge on any atom is 0.145 e. The van der Waals surface area contributed by atoms with Crippen molar-refractivity contribution < 1.29 is 4.74 Å². The molecule has 0 saturated heterocycles. The van der Waals surface area contributed by atoms with Crippen LogP contribution >= 0.6 is 27.7 Å². The molecule has 1 atom stereocenters. The zero-order chi connectivity index (χ0) is 14.1. The second-order valence-corrected chi connectivity index (χ2v) is 6.98. The van der Waals surface area contributed by atoms with Crippen molar-refractivity contribution in [3.05, 3.63) is 52.0 Å². The van der Waals surface area contributed by atoms with Crippen molar-refractivity contribution in [3.63, 3.8) is 0 Å². The van der Waals surface area contributed by atoms with E-state index in [1.165, 1.54) is 10.5 Å². The molecule has 104 valence electrons. The Bertz CT molecular complexity index is 621. The molecule has 0 fully saturated rings. The lowest BCUT2D eigenvalue weighted by Crippen LogP contribution is -2.11. The minimum atomic E-state index is 0.443. The topological polar surface area (TPSA) is 35.2 Å². The molecule has 0 aliphatic carbocycles. The number of hydrogen-bond acceptors (Lipinski definition) is 3. The van der Waals surface area contributed by atoms with Crippen LogP contribution in [0.15, 0.2) is 45.8 Å². The quantitative estimate of drug-likeness (QED) is 0.821. The molecule has 0 spiro atoms. The van der Waals surface area contributed by atoms with Crippen molar-refractivity contribution in [2.24, 2.45) is 0 Å². The fraction of sp³-hybridized carbons (Fsp3) is 0.250. The first-order chi connectivity index (χ1) is 9.65. The predicted octanol–water partition coefficient (Wildman–Crippen LogP) is 4.61. The van der Waals surface area contributed by atoms with Crippen molar-refractivity contribution in [2.45, 2.75) is 17.7 Å². The highest BCUT2D eigenvalue weighted by Crippen LogP contribution is 2.40. The SMILES string of the molecule is Cc1cc(Br)cc(N)c1OCC1CSc2ccccc21. The number of anilines is 1. The van der Waals surface area contributed by atoms with E-state index in [9.17, 15) is 0 Å². The first-order valence-electron chi connectivity index (χ1n) is 6.55. The molecule has 1 aliphatic heterocycles. The first kappa shape index (κ1) is 13.8. The monoisotopic (exact) mass is 349 g/mol. The Labute approximate surface area is 131 Å². The van der Waals surface area contributed by atoms with Crippen molar-refractivity contribution in [1.82, 2.24) is 0 Å². The van der Waals surface area contributed by atoms with Gasteiger partial charge in [-0.2, -0.15) is 0 Å². The van der Waals surface area contributed by atoms with E-state index >= 15 is 0 Å². The van der Waals surface area contributed by atoms with Gasteiger partial charge in [-0.3, -0.25) is 0 Å². The van der Waals surface area contributed by atoms with Crippen LogP contribution in [-0.4, -0.2) is 12.4 Å². The maximum atomic E-state index is 6.04. The summed E-state index contributed by atoms with van der Waals surface area (Å²) in [6.45, 7) is 2.70. The number of halogens is 1. The molecule has 1 aliphatic rings. The summed E-state index contributed by atoms with van der Waals surface area (Å²) in [5, 5.41) is 0. The van der Waals surface area contributed by atoms with Gasteiger partial charge in [-0.05, 0) is 36.2 Å². The van der Waals surface area contributed by atoms with E-state index in [1.807, 2.05) is 30.8 Å². The second kappa shape index (κ2) is 5.70. The van der Waals surface area contributed by atoms with E-state index in [2.05, 4.69) is 40.2 Å². The van der Waals surface area contributed by atoms with Crippen LogP contribution in [0.4, 0.5) is 5.69 Å². The zero-order valence-electron chi connectivity index (χ0n) is 11.2. The van der Waals surface area contributed by atoms with Gasteiger partial charge in [0.25, 0.3) is 0 Å². The molecule has 1 heterocycles. The molecule has 2 nitrogen and oxygen atoms in total. The average molecular weight is 350 g/mol. The van der Waals surface area contributed by atoms with Crippen LogP contribution in [0.3, 0.4) is 0 Å². The zero-order valence-corrected chi connectivity index (χ0v) is 13.6. The molecule has 2 aromatic carbocycles. The number of nitrogens with two attached hydrogens (primary N) is 1. The highest BCUT2D eigenvalue weighted by atomic mass is 79.9. The van der Waals surface area contributed by atoms with Gasteiger partial charge in [0.2, 0.25) is 0 Å². The summed E-state index contributed by atoms with van der Waals surface area (Å²) in [5.41, 5.74) is 9.19. The Morgan fingerprint density at radius 3 is 2.95 bits per heavy atom. The lowest BCUT2D eigenvalue weighted by molar-refractivity contribution is 0.297. The van der Waals surface area contributed by atoms with E-state index in [-0.39, 0.29) is 0 Å². The van der Waals surface area contributed by atoms with Gasteiger partial charge < -0.3 is 10.5 Å². The Balaban J connectivity index is 1.76. The van der Waals surface area contributed by atoms with Gasteiger partial charge in [0.05, 0.1) is 12.3 Å². The number of rotatable bonds is 3. The van der Waals surface area contributed by atoms with Crippen LogP contribution in [0.1, 0.15) is 17.0 Å². The summed E-state index contributed by atoms with van der Waals surface area (Å²) < 4.78 is 6.99. The van der Waals surface area contributed by atoms with Gasteiger partial charge in [0, 0.05) is 21.0 Å². The third kappa shape index (κ3) is 2.67. The molecule has 0 radical (unpaired) electrons. The van der Waals surface area contributed by atoms with E-state index in [4.69, 9.17) is 10.5 Å². The summed E-state index contributed by atoms with van der Waals surface area (Å²) in [6.07, 6.45) is 0. The van der Waals surface area contributed by atoms with Crippen LogP contribution in [0.2, 0.25) is 0 Å². The van der Waals surface area contributed by atoms with Gasteiger partial charge in [0.1, 0.15) is 5.75 Å². The summed E-state index contributed by atoms with van der Waals surface area (Å²) in [7, 11) is 0. The standard InChI is InChI=1S/C16H16BrNOS/c1-10-6-12(17)7-14(18)16(10)19-8-11-9-20-15-5-3-2-4-13(11)15/h2-7,11H,8-9,18H2,1H3. The molecule has 3 rings (SSSR count). The van der Waals surface area contributed by atoms with Gasteiger partial charge in [-0.15, -0.1) is 11.8 Å². The van der Waals surface area contributed by atoms with E-state index in [0.29, 0.717) is 18.2 Å². The third-order valence-electron chi connectivity index (χ3n) is 3.50. The van der Waals surface area contributed by atoms with Gasteiger partial charge in [0.15, 0.2) is 0 Å². The smallest absolute Gasteiger partial charge is 0.145 e. The fourth-order valence-electron chi connectivity index (χ4n) is 2.50. The van der Waals surface area contributed by atoms with Crippen LogP contribution in [0.25, 0.3) is 0 Å². The first-order valence-corrected chi connectivity index (χ1v) is 8.33. The van der Waals surface area contributed by atoms with Gasteiger partial charge in [-0.25, -0.2) is 0 Å². The molecule has 20 heavy (non-hydrogen) atoms. The fourth-order valence-corrected chi connectivity index (χ4v) is 4.33. The van der Waals surface area contributed by atoms with Gasteiger partial charge >= 0.3 is 0 Å². The van der Waals surface area contributed by atoms with Crippen molar-refractivity contribution in [3.8, 4) is 5.75 Å². The summed E-state index contributed by atoms with van der Waals surface area (Å²) in [6, 6.07) is 12.5. The lowest BCUT2D eigenvalue weighted by Gasteiger charge is -2.16. The lowest BCUT2D eigenvalue weighted by atomic mass is 10.0. The van der Waals surface area contributed by atoms with Crippen LogP contribution in [-0.2, 0) is 0 Å². The minimum Gasteiger partial charge on any atom is -0.490 e. The average Bonchev–Trinajstić information content (AvgIpc) is 2.81. The summed E-state index contributed by atoms with van der Waals surface area (Å²) in [5.74, 6) is 2.33. The largest absolute Gasteiger partial charge is 0.490 e. The molecule has 0 amide bonds. The second-order valence-electron chi connectivity index (χ2n) is 5.00. The molecule has 0 aromatic heterocycles. The van der Waals surface area contributed by atoms with Crippen molar-refractivity contribution >= 4 is 33.4 Å². The normalized spacial score (nSPS) is 17.0. The minimum absolute atomic E-state index is 0.443. The Hall–Kier alpha value is -1.13. The number of thioether (sulfide) groups is 1. The van der Waals surface area contributed by atoms with Crippen molar-refractivity contribution in [1.29, 1.82) is 0 Å². The Morgan fingerprint density at radius 1 is 1.35 bits per heavy atom. The Kier molecular flexibility index (Phi) is 3.94. The number of fused-ring (bicyclic) bond motifs is 1. The number of nitrogen functional groups attached to an aromatic ring is 1. The number of benzene rings is 2. The number of ether oxygens (including phenoxy) is 1. The van der Waals surface area contributed by atoms with E-state index in [1.54, 1.807) is 0 Å². The number of aryl methyl sites for hydroxylation is 1. The van der Waals surface area contributed by atoms with Crippen LogP contribution < -0.4 is 10.5 Å². The van der Waals surface area contributed by atoms with E-state index < -0.39 is 0 Å². The summed E-state index contributed by atoms with van der Waals surface area (Å²) in [4.78, 5) is 1.38. The molecule has 0 saturated carbocycles. The number of hydrogen-bond donors (Lipinski definition) is 1. The molecule has 4 heteroatoms.